The van der Waals surface area contributed by atoms with Crippen molar-refractivity contribution in [2.45, 2.75) is 19.8 Å². The van der Waals surface area contributed by atoms with Gasteiger partial charge in [-0.05, 0) is 30.9 Å². The molecule has 3 nitrogen and oxygen atoms in total. The molecule has 0 saturated heterocycles. The van der Waals surface area contributed by atoms with Crippen molar-refractivity contribution in [1.29, 1.82) is 0 Å². The first-order chi connectivity index (χ1) is 7.36. The van der Waals surface area contributed by atoms with Gasteiger partial charge in [0.2, 0.25) is 0 Å². The molecule has 16 heavy (non-hydrogen) atoms. The largest absolute Gasteiger partial charge is 6.00 e. The Labute approximate surface area is 106 Å². The summed E-state index contributed by atoms with van der Waals surface area (Å²) in [6.07, 6.45) is 2.60. The molecule has 0 saturated carbocycles. The van der Waals surface area contributed by atoms with Gasteiger partial charge < -0.3 is 0 Å². The fraction of sp³-hybridized carbons (Fsp3) is 0.250. The van der Waals surface area contributed by atoms with Crippen LogP contribution in [-0.2, 0) is 44.2 Å². The number of aryl methyl sites for hydroxylation is 3. The van der Waals surface area contributed by atoms with Gasteiger partial charge in [0.15, 0.2) is 0 Å². The van der Waals surface area contributed by atoms with Crippen LogP contribution in [0.5, 0.6) is 0 Å². The molecular formula is C12H10CrO3+6. The summed E-state index contributed by atoms with van der Waals surface area (Å²) in [6, 6.07) is 6.73. The van der Waals surface area contributed by atoms with Crippen molar-refractivity contribution in [3.63, 3.8) is 0 Å². The summed E-state index contributed by atoms with van der Waals surface area (Å²) in [5.74, 6) is 0. The van der Waals surface area contributed by atoms with Crippen LogP contribution in [0.15, 0.2) is 18.2 Å². The average molecular weight is 254 g/mol. The van der Waals surface area contributed by atoms with Gasteiger partial charge in [0.25, 0.3) is 0 Å². The van der Waals surface area contributed by atoms with Gasteiger partial charge in [-0.25, -0.2) is 0 Å². The fourth-order valence-electron chi connectivity index (χ4n) is 1.32. The second-order valence-electron chi connectivity index (χ2n) is 2.77. The number of hydrogen-bond donors (Lipinski definition) is 0. The van der Waals surface area contributed by atoms with E-state index < -0.39 is 0 Å². The van der Waals surface area contributed by atoms with Gasteiger partial charge in [0.05, 0.1) is 0 Å². The number of hydrogen-bond acceptors (Lipinski definition) is 0. The van der Waals surface area contributed by atoms with E-state index in [0.29, 0.717) is 0 Å². The van der Waals surface area contributed by atoms with Crippen LogP contribution in [0.3, 0.4) is 0 Å². The van der Waals surface area contributed by atoms with Gasteiger partial charge in [0, 0.05) is 0 Å². The van der Waals surface area contributed by atoms with E-state index in [1.165, 1.54) is 18.4 Å². The van der Waals surface area contributed by atoms with Gasteiger partial charge in [-0.15, -0.1) is 0 Å². The number of fused-ring (bicyclic) bond motifs is 1. The molecule has 0 spiro atoms. The van der Waals surface area contributed by atoms with Crippen molar-refractivity contribution in [3.8, 4) is 0 Å². The molecule has 0 heterocycles. The van der Waals surface area contributed by atoms with Gasteiger partial charge in [0.1, 0.15) is 0 Å². The molecule has 1 aliphatic rings. The Morgan fingerprint density at radius 1 is 0.875 bits per heavy atom. The topological polar surface area (TPSA) is 59.7 Å². The molecule has 0 radical (unpaired) electrons. The summed E-state index contributed by atoms with van der Waals surface area (Å²) in [4.78, 5) is 0. The van der Waals surface area contributed by atoms with Gasteiger partial charge in [-0.1, -0.05) is 23.8 Å². The standard InChI is InChI=1S/C9H10.3CO.Cr/c1-7-2-3-8-4-5-9(8)6-7;3*1-2;/h2-3,6H,4-5H2,1H3;;;;/q;;;;+6. The fourth-order valence-corrected chi connectivity index (χ4v) is 1.32. The van der Waals surface area contributed by atoms with Crippen molar-refractivity contribution in [2.24, 2.45) is 0 Å². The maximum absolute atomic E-state index is 7.50. The number of rotatable bonds is 0. The van der Waals surface area contributed by atoms with E-state index in [0.717, 1.165) is 0 Å². The van der Waals surface area contributed by atoms with Gasteiger partial charge in [-0.3, -0.25) is 0 Å². The zero-order valence-corrected chi connectivity index (χ0v) is 10.1. The minimum Gasteiger partial charge on any atom is 6.00 e. The van der Waals surface area contributed by atoms with E-state index in [1.807, 2.05) is 0 Å². The van der Waals surface area contributed by atoms with Crippen molar-refractivity contribution in [1.82, 2.24) is 0 Å². The normalized spacial score (nSPS) is 8.44. The molecule has 76 valence electrons. The molecule has 0 N–H and O–H groups in total. The molecule has 0 fully saturated rings. The minimum absolute atomic E-state index is 0. The van der Waals surface area contributed by atoms with Crippen LogP contribution in [0.4, 0.5) is 0 Å². The van der Waals surface area contributed by atoms with Crippen LogP contribution >= 0.6 is 0 Å². The molecule has 1 aliphatic carbocycles. The third kappa shape index (κ3) is 6.46. The maximum Gasteiger partial charge on any atom is 6.00 e. The second-order valence-corrected chi connectivity index (χ2v) is 2.77. The SMILES string of the molecule is Cc1ccc2c(c1)CC2.[C-]#[O+].[C-]#[O+].[C-]#[O+].[Cr+6]. The molecule has 1 aromatic rings. The predicted molar refractivity (Wildman–Crippen MR) is 50.4 cm³/mol. The Morgan fingerprint density at radius 2 is 1.31 bits per heavy atom. The quantitative estimate of drug-likeness (QED) is 0.502. The first-order valence-electron chi connectivity index (χ1n) is 4.06. The van der Waals surface area contributed by atoms with E-state index in [2.05, 4.69) is 45.1 Å². The number of benzene rings is 1. The molecule has 0 bridgehead atoms. The van der Waals surface area contributed by atoms with E-state index in [1.54, 1.807) is 11.1 Å². The van der Waals surface area contributed by atoms with Crippen LogP contribution in [0.1, 0.15) is 16.7 Å². The molecule has 4 heteroatoms. The summed E-state index contributed by atoms with van der Waals surface area (Å²) < 4.78 is 22.5. The van der Waals surface area contributed by atoms with Crippen molar-refractivity contribution in [3.05, 3.63) is 54.8 Å². The van der Waals surface area contributed by atoms with Gasteiger partial charge >= 0.3 is 51.3 Å². The zero-order chi connectivity index (χ0) is 12.3. The molecule has 2 rings (SSSR count). The van der Waals surface area contributed by atoms with Crippen LogP contribution in [0.2, 0.25) is 0 Å². The monoisotopic (exact) mass is 254 g/mol. The van der Waals surface area contributed by atoms with Crippen molar-refractivity contribution >= 4 is 0 Å². The molecule has 0 aliphatic heterocycles. The van der Waals surface area contributed by atoms with E-state index in [4.69, 9.17) is 14.0 Å². The van der Waals surface area contributed by atoms with Crippen molar-refractivity contribution in [2.75, 3.05) is 0 Å². The Morgan fingerprint density at radius 3 is 1.56 bits per heavy atom. The third-order valence-corrected chi connectivity index (χ3v) is 2.03. The van der Waals surface area contributed by atoms with Crippen molar-refractivity contribution < 1.29 is 31.3 Å². The zero-order valence-electron chi connectivity index (χ0n) is 8.78. The Balaban J connectivity index is -0.000000214. The Hall–Kier alpha value is -1.03. The van der Waals surface area contributed by atoms with Crippen LogP contribution in [0, 0.1) is 26.9 Å². The van der Waals surface area contributed by atoms with Crippen LogP contribution < -0.4 is 0 Å². The summed E-state index contributed by atoms with van der Waals surface area (Å²) in [5.41, 5.74) is 4.52. The maximum atomic E-state index is 7.50. The predicted octanol–water partition coefficient (Wildman–Crippen LogP) is 1.98. The van der Waals surface area contributed by atoms with Gasteiger partial charge in [-0.2, -0.15) is 0 Å². The minimum atomic E-state index is 0. The van der Waals surface area contributed by atoms with Crippen LogP contribution in [-0.4, -0.2) is 0 Å². The summed E-state index contributed by atoms with van der Waals surface area (Å²) in [6.45, 7) is 15.7. The van der Waals surface area contributed by atoms with E-state index in [9.17, 15) is 0 Å². The Kier molecular flexibility index (Phi) is 17.8. The third-order valence-electron chi connectivity index (χ3n) is 2.03. The molecule has 0 aromatic heterocycles. The first-order valence-corrected chi connectivity index (χ1v) is 4.06. The molecular weight excluding hydrogens is 244 g/mol. The molecule has 1 aromatic carbocycles. The Bertz CT molecular complexity index is 339. The molecule has 0 amide bonds. The molecule has 0 unspecified atom stereocenters. The summed E-state index contributed by atoms with van der Waals surface area (Å²) >= 11 is 0. The summed E-state index contributed by atoms with van der Waals surface area (Å²) in [5, 5.41) is 0. The average Bonchev–Trinajstić information content (AvgIpc) is 2.31. The summed E-state index contributed by atoms with van der Waals surface area (Å²) in [7, 11) is 0. The second kappa shape index (κ2) is 14.0. The van der Waals surface area contributed by atoms with E-state index >= 15 is 0 Å². The molecule has 0 atom stereocenters. The van der Waals surface area contributed by atoms with Crippen LogP contribution in [0.25, 0.3) is 0 Å². The smallest absolute Gasteiger partial charge is 6.00 e. The van der Waals surface area contributed by atoms with E-state index in [-0.39, 0.29) is 17.4 Å². The first kappa shape index (κ1) is 20.4.